The summed E-state index contributed by atoms with van der Waals surface area (Å²) in [4.78, 5) is 45.0. The van der Waals surface area contributed by atoms with Crippen molar-refractivity contribution in [3.63, 3.8) is 0 Å². The van der Waals surface area contributed by atoms with Crippen molar-refractivity contribution < 1.29 is 19.1 Å². The van der Waals surface area contributed by atoms with Crippen LogP contribution in [0.2, 0.25) is 10.0 Å². The molecule has 0 unspecified atom stereocenters. The normalized spacial score (nSPS) is 18.3. The van der Waals surface area contributed by atoms with Crippen LogP contribution in [0.5, 0.6) is 0 Å². The van der Waals surface area contributed by atoms with Crippen LogP contribution in [0.15, 0.2) is 54.6 Å². The lowest BCUT2D eigenvalue weighted by molar-refractivity contribution is 0.0567. The van der Waals surface area contributed by atoms with Gasteiger partial charge in [-0.1, -0.05) is 35.3 Å². The van der Waals surface area contributed by atoms with E-state index < -0.39 is 5.97 Å². The first-order valence-electron chi connectivity index (χ1n) is 12.2. The van der Waals surface area contributed by atoms with Gasteiger partial charge in [-0.05, 0) is 48.9 Å². The number of amides is 2. The van der Waals surface area contributed by atoms with E-state index in [1.54, 1.807) is 54.6 Å². The molecule has 2 heterocycles. The molecule has 3 aromatic rings. The van der Waals surface area contributed by atoms with Crippen molar-refractivity contribution in [2.45, 2.75) is 12.5 Å². The van der Waals surface area contributed by atoms with Crippen LogP contribution in [-0.4, -0.2) is 84.9 Å². The molecule has 2 aliphatic rings. The summed E-state index contributed by atoms with van der Waals surface area (Å²) < 4.78 is 4.95. The lowest BCUT2D eigenvalue weighted by Crippen LogP contribution is -2.52. The Balaban J connectivity index is 1.27. The van der Waals surface area contributed by atoms with Crippen LogP contribution in [0, 0.1) is 0 Å². The van der Waals surface area contributed by atoms with Gasteiger partial charge in [0.25, 0.3) is 11.8 Å². The summed E-state index contributed by atoms with van der Waals surface area (Å²) in [6, 6.07) is 15.8. The molecule has 9 heteroatoms. The van der Waals surface area contributed by atoms with Crippen molar-refractivity contribution in [3.8, 4) is 0 Å². The Labute approximate surface area is 225 Å². The molecule has 0 N–H and O–H groups in total. The fraction of sp³-hybridized carbons (Fsp3) is 0.321. The SMILES string of the molecule is COC(=O)c1cccc2c(Cl)ccc(C(=O)N3CC[C@@H](N4CCN(C(=O)c5ccc(Cl)cc5)CC4)C3)c12. The number of rotatable bonds is 4. The van der Waals surface area contributed by atoms with E-state index in [0.29, 0.717) is 63.7 Å². The highest BCUT2D eigenvalue weighted by molar-refractivity contribution is 6.37. The van der Waals surface area contributed by atoms with E-state index in [0.717, 1.165) is 19.5 Å². The van der Waals surface area contributed by atoms with E-state index in [2.05, 4.69) is 4.90 Å². The number of ether oxygens (including phenoxy) is 1. The third-order valence-electron chi connectivity index (χ3n) is 7.28. The van der Waals surface area contributed by atoms with Crippen LogP contribution in [0.1, 0.15) is 37.5 Å². The van der Waals surface area contributed by atoms with Crippen LogP contribution in [0.3, 0.4) is 0 Å². The van der Waals surface area contributed by atoms with Gasteiger partial charge in [-0.25, -0.2) is 4.79 Å². The fourth-order valence-electron chi connectivity index (χ4n) is 5.29. The minimum atomic E-state index is -0.507. The van der Waals surface area contributed by atoms with E-state index in [4.69, 9.17) is 27.9 Å². The molecule has 7 nitrogen and oxygen atoms in total. The second-order valence-corrected chi connectivity index (χ2v) is 10.2. The number of esters is 1. The van der Waals surface area contributed by atoms with Crippen molar-refractivity contribution in [3.05, 3.63) is 81.3 Å². The smallest absolute Gasteiger partial charge is 0.338 e. The van der Waals surface area contributed by atoms with Crippen LogP contribution in [0.25, 0.3) is 10.8 Å². The molecule has 0 spiro atoms. The number of benzene rings is 3. The molecule has 192 valence electrons. The molecule has 5 rings (SSSR count). The fourth-order valence-corrected chi connectivity index (χ4v) is 5.64. The number of likely N-dealkylation sites (tertiary alicyclic amines) is 1. The number of nitrogens with zero attached hydrogens (tertiary/aromatic N) is 3. The van der Waals surface area contributed by atoms with Crippen molar-refractivity contribution in [1.29, 1.82) is 0 Å². The first kappa shape index (κ1) is 25.5. The summed E-state index contributed by atoms with van der Waals surface area (Å²) in [6.45, 7) is 3.99. The zero-order valence-corrected chi connectivity index (χ0v) is 22.0. The largest absolute Gasteiger partial charge is 0.465 e. The minimum absolute atomic E-state index is 0.00979. The molecule has 0 aliphatic carbocycles. The van der Waals surface area contributed by atoms with E-state index in [-0.39, 0.29) is 17.9 Å². The van der Waals surface area contributed by atoms with Crippen LogP contribution in [-0.2, 0) is 4.74 Å². The van der Waals surface area contributed by atoms with Gasteiger partial charge in [-0.3, -0.25) is 14.5 Å². The molecule has 0 saturated carbocycles. The standard InChI is InChI=1S/C28H27Cl2N3O4/c1-37-28(36)23-4-2-3-21-24(30)10-9-22(25(21)23)27(35)33-12-11-20(17-33)31-13-15-32(16-14-31)26(34)18-5-7-19(29)8-6-18/h2-10,20H,11-17H2,1H3/t20-/m1/s1. The Morgan fingerprint density at radius 3 is 2.24 bits per heavy atom. The summed E-state index contributed by atoms with van der Waals surface area (Å²) in [5, 5.41) is 2.25. The number of methoxy groups -OCH3 is 1. The number of hydrogen-bond donors (Lipinski definition) is 0. The van der Waals surface area contributed by atoms with Gasteiger partial charge in [0.1, 0.15) is 0 Å². The van der Waals surface area contributed by atoms with Crippen LogP contribution < -0.4 is 0 Å². The first-order valence-corrected chi connectivity index (χ1v) is 13.0. The maximum Gasteiger partial charge on any atom is 0.338 e. The Morgan fingerprint density at radius 1 is 0.811 bits per heavy atom. The number of carbonyl (C=O) groups excluding carboxylic acids is 3. The van der Waals surface area contributed by atoms with Crippen molar-refractivity contribution >= 4 is 51.8 Å². The van der Waals surface area contributed by atoms with Gasteiger partial charge >= 0.3 is 5.97 Å². The average molecular weight is 540 g/mol. The molecular formula is C28H27Cl2N3O4. The predicted molar refractivity (Wildman–Crippen MR) is 144 cm³/mol. The highest BCUT2D eigenvalue weighted by Crippen LogP contribution is 2.32. The van der Waals surface area contributed by atoms with Crippen LogP contribution >= 0.6 is 23.2 Å². The average Bonchev–Trinajstić information content (AvgIpc) is 3.43. The minimum Gasteiger partial charge on any atom is -0.465 e. The molecule has 2 amide bonds. The van der Waals surface area contributed by atoms with Crippen molar-refractivity contribution in [2.24, 2.45) is 0 Å². The number of halogens is 2. The number of fused-ring (bicyclic) bond motifs is 1. The van der Waals surface area contributed by atoms with Crippen molar-refractivity contribution in [2.75, 3.05) is 46.4 Å². The summed E-state index contributed by atoms with van der Waals surface area (Å²) in [5.74, 6) is -0.625. The number of piperazine rings is 1. The number of hydrogen-bond acceptors (Lipinski definition) is 5. The van der Waals surface area contributed by atoms with Gasteiger partial charge in [0.15, 0.2) is 0 Å². The highest BCUT2D eigenvalue weighted by atomic mass is 35.5. The third-order valence-corrected chi connectivity index (χ3v) is 7.86. The van der Waals surface area contributed by atoms with Gasteiger partial charge in [-0.2, -0.15) is 0 Å². The first-order chi connectivity index (χ1) is 17.9. The van der Waals surface area contributed by atoms with Crippen molar-refractivity contribution in [1.82, 2.24) is 14.7 Å². The lowest BCUT2D eigenvalue weighted by Gasteiger charge is -2.38. The highest BCUT2D eigenvalue weighted by Gasteiger charge is 2.34. The molecule has 3 aromatic carbocycles. The second-order valence-electron chi connectivity index (χ2n) is 9.34. The van der Waals surface area contributed by atoms with E-state index >= 15 is 0 Å². The Morgan fingerprint density at radius 2 is 1.54 bits per heavy atom. The maximum absolute atomic E-state index is 13.6. The zero-order valence-electron chi connectivity index (χ0n) is 20.5. The number of carbonyl (C=O) groups is 3. The van der Waals surface area contributed by atoms with E-state index in [9.17, 15) is 14.4 Å². The molecule has 0 bridgehead atoms. The Kier molecular flexibility index (Phi) is 7.38. The van der Waals surface area contributed by atoms with Gasteiger partial charge in [0.2, 0.25) is 0 Å². The third kappa shape index (κ3) is 5.04. The molecule has 2 saturated heterocycles. The van der Waals surface area contributed by atoms with Gasteiger partial charge < -0.3 is 14.5 Å². The maximum atomic E-state index is 13.6. The summed E-state index contributed by atoms with van der Waals surface area (Å²) >= 11 is 12.3. The zero-order chi connectivity index (χ0) is 26.1. The van der Waals surface area contributed by atoms with E-state index in [1.807, 2.05) is 9.80 Å². The molecule has 37 heavy (non-hydrogen) atoms. The summed E-state index contributed by atoms with van der Waals surface area (Å²) in [5.41, 5.74) is 1.40. The molecule has 1 atom stereocenters. The summed E-state index contributed by atoms with van der Waals surface area (Å²) in [7, 11) is 1.32. The van der Waals surface area contributed by atoms with Gasteiger partial charge in [0, 0.05) is 77.3 Å². The monoisotopic (exact) mass is 539 g/mol. The molecule has 2 fully saturated rings. The van der Waals surface area contributed by atoms with E-state index in [1.165, 1.54) is 7.11 Å². The lowest BCUT2D eigenvalue weighted by atomic mass is 9.98. The summed E-state index contributed by atoms with van der Waals surface area (Å²) in [6.07, 6.45) is 0.853. The molecular weight excluding hydrogens is 513 g/mol. The second kappa shape index (κ2) is 10.7. The van der Waals surface area contributed by atoms with Crippen LogP contribution in [0.4, 0.5) is 0 Å². The Hall–Kier alpha value is -3.13. The Bertz CT molecular complexity index is 1350. The molecule has 0 radical (unpaired) electrons. The predicted octanol–water partition coefficient (Wildman–Crippen LogP) is 4.61. The molecule has 2 aliphatic heterocycles. The molecule has 0 aromatic heterocycles. The quantitative estimate of drug-likeness (QED) is 0.453. The van der Waals surface area contributed by atoms with Gasteiger partial charge in [0.05, 0.1) is 12.7 Å². The van der Waals surface area contributed by atoms with Gasteiger partial charge in [-0.15, -0.1) is 0 Å². The topological polar surface area (TPSA) is 70.2 Å².